The van der Waals surface area contributed by atoms with Gasteiger partial charge >= 0.3 is 0 Å². The van der Waals surface area contributed by atoms with Gasteiger partial charge in [-0.2, -0.15) is 0 Å². The maximum atomic E-state index is 4.19. The molecule has 0 amide bonds. The Balaban J connectivity index is 2.54. The molecule has 1 aliphatic rings. The minimum absolute atomic E-state index is 0.528. The Labute approximate surface area is 102 Å². The molecule has 0 unspecified atom stereocenters. The molecular formula is C17H16. The summed E-state index contributed by atoms with van der Waals surface area (Å²) in [5.74, 6) is 0.528. The Hall–Kier alpha value is -1.82. The molecule has 84 valence electrons. The summed E-state index contributed by atoms with van der Waals surface area (Å²) in [6.45, 7) is 8.70. The normalized spacial score (nSPS) is 12.8. The van der Waals surface area contributed by atoms with Crippen molar-refractivity contribution in [1.29, 1.82) is 0 Å². The predicted octanol–water partition coefficient (Wildman–Crippen LogP) is 2.93. The summed E-state index contributed by atoms with van der Waals surface area (Å²) in [6, 6.07) is 15.1. The molecule has 17 heavy (non-hydrogen) atoms. The molecule has 2 aromatic rings. The molecule has 0 spiro atoms. The van der Waals surface area contributed by atoms with Gasteiger partial charge in [0, 0.05) is 0 Å². The first kappa shape index (κ1) is 10.3. The Bertz CT molecular complexity index is 690. The lowest BCUT2D eigenvalue weighted by molar-refractivity contribution is 0.853. The molecule has 0 saturated heterocycles. The Morgan fingerprint density at radius 3 is 2.18 bits per heavy atom. The largest absolute Gasteiger partial charge is 0.0911 e. The molecule has 1 aliphatic carbocycles. The number of benzene rings is 2. The molecule has 0 nitrogen and oxygen atoms in total. The number of fused-ring (bicyclic) bond motifs is 3. The van der Waals surface area contributed by atoms with Gasteiger partial charge in [-0.15, -0.1) is 0 Å². The molecule has 0 aliphatic heterocycles. The molecular weight excluding hydrogens is 204 g/mol. The highest BCUT2D eigenvalue weighted by atomic mass is 14.2. The third kappa shape index (κ3) is 1.37. The highest BCUT2D eigenvalue weighted by molar-refractivity contribution is 5.89. The summed E-state index contributed by atoms with van der Waals surface area (Å²) in [7, 11) is 0. The van der Waals surface area contributed by atoms with Crippen LogP contribution >= 0.6 is 0 Å². The molecule has 2 aromatic carbocycles. The number of rotatable bonds is 1. The van der Waals surface area contributed by atoms with Crippen molar-refractivity contribution in [2.24, 2.45) is 5.92 Å². The lowest BCUT2D eigenvalue weighted by atomic mass is 9.95. The molecule has 0 saturated carbocycles. The van der Waals surface area contributed by atoms with Crippen molar-refractivity contribution < 1.29 is 0 Å². The van der Waals surface area contributed by atoms with Crippen molar-refractivity contribution in [3.05, 3.63) is 58.5 Å². The van der Waals surface area contributed by atoms with Gasteiger partial charge in [-0.3, -0.25) is 0 Å². The van der Waals surface area contributed by atoms with Crippen molar-refractivity contribution in [3.8, 4) is 11.1 Å². The van der Waals surface area contributed by atoms with Crippen LogP contribution in [0, 0.1) is 5.92 Å². The molecule has 0 fully saturated rings. The van der Waals surface area contributed by atoms with Gasteiger partial charge in [0.25, 0.3) is 0 Å². The third-order valence-electron chi connectivity index (χ3n) is 3.50. The minimum Gasteiger partial charge on any atom is -0.0911 e. The van der Waals surface area contributed by atoms with E-state index in [0.717, 1.165) is 5.22 Å². The summed E-state index contributed by atoms with van der Waals surface area (Å²) in [4.78, 5) is 0. The second kappa shape index (κ2) is 3.59. The fourth-order valence-electron chi connectivity index (χ4n) is 2.83. The van der Waals surface area contributed by atoms with Crippen LogP contribution in [0.3, 0.4) is 0 Å². The van der Waals surface area contributed by atoms with E-state index in [1.807, 2.05) is 0 Å². The van der Waals surface area contributed by atoms with Gasteiger partial charge in [0.1, 0.15) is 0 Å². The Morgan fingerprint density at radius 1 is 0.824 bits per heavy atom. The van der Waals surface area contributed by atoms with E-state index in [1.54, 1.807) is 0 Å². The van der Waals surface area contributed by atoms with Crippen molar-refractivity contribution in [3.63, 3.8) is 0 Å². The van der Waals surface area contributed by atoms with Crippen LogP contribution in [0.15, 0.2) is 42.5 Å². The molecule has 0 N–H and O–H groups in total. The van der Waals surface area contributed by atoms with Gasteiger partial charge in [-0.05, 0) is 38.6 Å². The van der Waals surface area contributed by atoms with Crippen molar-refractivity contribution in [2.75, 3.05) is 0 Å². The fraction of sp³-hybridized carbons (Fsp3) is 0.176. The molecule has 0 heterocycles. The fourth-order valence-corrected chi connectivity index (χ4v) is 2.83. The monoisotopic (exact) mass is 220 g/mol. The Kier molecular flexibility index (Phi) is 2.19. The van der Waals surface area contributed by atoms with Crippen molar-refractivity contribution >= 4 is 12.2 Å². The minimum atomic E-state index is 0.528. The first-order valence-electron chi connectivity index (χ1n) is 6.12. The second-order valence-electron chi connectivity index (χ2n) is 4.95. The zero-order valence-electron chi connectivity index (χ0n) is 10.3. The van der Waals surface area contributed by atoms with Crippen molar-refractivity contribution in [2.45, 2.75) is 13.8 Å². The van der Waals surface area contributed by atoms with E-state index in [2.05, 4.69) is 62.9 Å². The molecule has 0 aromatic heterocycles. The third-order valence-corrected chi connectivity index (χ3v) is 3.50. The van der Waals surface area contributed by atoms with Gasteiger partial charge in [-0.25, -0.2) is 0 Å². The van der Waals surface area contributed by atoms with E-state index in [4.69, 9.17) is 0 Å². The van der Waals surface area contributed by atoms with E-state index >= 15 is 0 Å². The van der Waals surface area contributed by atoms with Gasteiger partial charge in [0.2, 0.25) is 0 Å². The number of hydrogen-bond donors (Lipinski definition) is 0. The lowest BCUT2D eigenvalue weighted by Crippen LogP contribution is -2.26. The van der Waals surface area contributed by atoms with Crippen LogP contribution < -0.4 is 10.4 Å². The zero-order valence-corrected chi connectivity index (χ0v) is 10.3. The summed E-state index contributed by atoms with van der Waals surface area (Å²) < 4.78 is 0. The summed E-state index contributed by atoms with van der Waals surface area (Å²) in [6.07, 6.45) is 0. The predicted molar refractivity (Wildman–Crippen MR) is 74.0 cm³/mol. The summed E-state index contributed by atoms with van der Waals surface area (Å²) in [5, 5.41) is 2.49. The van der Waals surface area contributed by atoms with E-state index in [9.17, 15) is 0 Å². The number of hydrogen-bond acceptors (Lipinski definition) is 0. The van der Waals surface area contributed by atoms with Gasteiger partial charge < -0.3 is 0 Å². The molecule has 3 rings (SSSR count). The average Bonchev–Trinajstić information content (AvgIpc) is 2.65. The highest BCUT2D eigenvalue weighted by Gasteiger charge is 2.21. The molecule has 0 bridgehead atoms. The van der Waals surface area contributed by atoms with Crippen LogP contribution in [0.2, 0.25) is 0 Å². The van der Waals surface area contributed by atoms with E-state index < -0.39 is 0 Å². The van der Waals surface area contributed by atoms with Crippen LogP contribution in [-0.4, -0.2) is 0 Å². The quantitative estimate of drug-likeness (QED) is 0.693. The molecule has 0 atom stereocenters. The van der Waals surface area contributed by atoms with Gasteiger partial charge in [0.15, 0.2) is 0 Å². The maximum absolute atomic E-state index is 4.19. The average molecular weight is 220 g/mol. The summed E-state index contributed by atoms with van der Waals surface area (Å²) in [5.41, 5.74) is 5.53. The van der Waals surface area contributed by atoms with E-state index in [0.29, 0.717) is 5.92 Å². The smallest absolute Gasteiger partial charge is 0.00702 e. The van der Waals surface area contributed by atoms with Gasteiger partial charge in [0.05, 0.1) is 0 Å². The maximum Gasteiger partial charge on any atom is -0.00702 e. The molecule has 0 heteroatoms. The van der Waals surface area contributed by atoms with Crippen LogP contribution in [0.5, 0.6) is 0 Å². The molecule has 0 radical (unpaired) electrons. The first-order chi connectivity index (χ1) is 8.20. The van der Waals surface area contributed by atoms with Gasteiger partial charge in [-0.1, -0.05) is 62.9 Å². The van der Waals surface area contributed by atoms with Crippen LogP contribution in [-0.2, 0) is 0 Å². The zero-order chi connectivity index (χ0) is 12.0. The lowest BCUT2D eigenvalue weighted by Gasteiger charge is -2.09. The topological polar surface area (TPSA) is 0 Å². The van der Waals surface area contributed by atoms with Crippen molar-refractivity contribution in [1.82, 2.24) is 0 Å². The van der Waals surface area contributed by atoms with Crippen LogP contribution in [0.25, 0.3) is 23.3 Å². The first-order valence-corrected chi connectivity index (χ1v) is 6.12. The Morgan fingerprint density at radius 2 is 1.47 bits per heavy atom. The second-order valence-corrected chi connectivity index (χ2v) is 4.95. The summed E-state index contributed by atoms with van der Waals surface area (Å²) >= 11 is 0. The highest BCUT2D eigenvalue weighted by Crippen LogP contribution is 2.34. The SMILES string of the molecule is C=c1cccc2c1=C(C(C)C)c1ccccc1-2. The van der Waals surface area contributed by atoms with Crippen LogP contribution in [0.1, 0.15) is 19.4 Å². The standard InChI is InChI=1S/C17H16/c1-11(2)16-14-9-5-4-8-13(14)15-10-6-7-12(3)17(15)16/h4-11H,3H2,1-2H3. The van der Waals surface area contributed by atoms with E-state index in [1.165, 1.54) is 27.5 Å². The van der Waals surface area contributed by atoms with E-state index in [-0.39, 0.29) is 0 Å². The van der Waals surface area contributed by atoms with Crippen LogP contribution in [0.4, 0.5) is 0 Å².